The Morgan fingerprint density at radius 3 is 2.86 bits per heavy atom. The van der Waals surface area contributed by atoms with Crippen molar-refractivity contribution in [2.24, 2.45) is 5.92 Å². The van der Waals surface area contributed by atoms with Crippen LogP contribution in [0.5, 0.6) is 0 Å². The summed E-state index contributed by atoms with van der Waals surface area (Å²) < 4.78 is 6.03. The Morgan fingerprint density at radius 1 is 1.33 bits per heavy atom. The Labute approximate surface area is 131 Å². The third-order valence-electron chi connectivity index (χ3n) is 4.65. The number of hydrogen-bond acceptors (Lipinski definition) is 2. The summed E-state index contributed by atoms with van der Waals surface area (Å²) in [5.41, 5.74) is 0.818. The molecule has 1 aromatic carbocycles. The number of rotatable bonds is 6. The number of fused-ring (bicyclic) bond motifs is 1. The molecule has 1 aromatic heterocycles. The Balaban J connectivity index is 1.75. The lowest BCUT2D eigenvalue weighted by Gasteiger charge is -2.17. The fourth-order valence-electron chi connectivity index (χ4n) is 3.51. The minimum Gasteiger partial charge on any atom is -0.458 e. The van der Waals surface area contributed by atoms with Crippen LogP contribution in [0.4, 0.5) is 0 Å². The van der Waals surface area contributed by atoms with E-state index in [1.165, 1.54) is 32.1 Å². The second-order valence-electron chi connectivity index (χ2n) is 6.15. The molecule has 1 atom stereocenters. The van der Waals surface area contributed by atoms with Gasteiger partial charge in [0.05, 0.1) is 11.1 Å². The van der Waals surface area contributed by atoms with Gasteiger partial charge in [0.2, 0.25) is 0 Å². The van der Waals surface area contributed by atoms with Gasteiger partial charge in [0.25, 0.3) is 0 Å². The summed E-state index contributed by atoms with van der Waals surface area (Å²) in [6.07, 6.45) is 8.08. The van der Waals surface area contributed by atoms with Crippen LogP contribution < -0.4 is 5.32 Å². The van der Waals surface area contributed by atoms with Gasteiger partial charge in [0, 0.05) is 5.39 Å². The molecule has 1 aliphatic rings. The highest BCUT2D eigenvalue weighted by Crippen LogP contribution is 2.34. The van der Waals surface area contributed by atoms with Crippen molar-refractivity contribution >= 4 is 22.6 Å². The monoisotopic (exact) mass is 305 g/mol. The summed E-state index contributed by atoms with van der Waals surface area (Å²) in [6, 6.07) is 8.37. The van der Waals surface area contributed by atoms with Crippen LogP contribution in [0.2, 0.25) is 5.02 Å². The third kappa shape index (κ3) is 3.44. The first-order valence-corrected chi connectivity index (χ1v) is 8.57. The summed E-state index contributed by atoms with van der Waals surface area (Å²) in [6.45, 7) is 3.11. The predicted octanol–water partition coefficient (Wildman–Crippen LogP) is 5.71. The molecule has 0 saturated heterocycles. The second-order valence-corrected chi connectivity index (χ2v) is 6.55. The summed E-state index contributed by atoms with van der Waals surface area (Å²) in [5, 5.41) is 5.36. The van der Waals surface area contributed by atoms with Gasteiger partial charge in [-0.05, 0) is 37.4 Å². The van der Waals surface area contributed by atoms with E-state index in [2.05, 4.69) is 24.4 Å². The number of hydrogen-bond donors (Lipinski definition) is 1. The quantitative estimate of drug-likeness (QED) is 0.739. The average Bonchev–Trinajstić information content (AvgIpc) is 3.13. The highest BCUT2D eigenvalue weighted by atomic mass is 35.5. The first-order valence-electron chi connectivity index (χ1n) is 8.19. The number of furan rings is 1. The molecule has 0 amide bonds. The molecule has 1 heterocycles. The van der Waals surface area contributed by atoms with E-state index in [0.717, 1.165) is 35.6 Å². The normalized spacial score (nSPS) is 17.6. The lowest BCUT2D eigenvalue weighted by atomic mass is 9.97. The smallest absolute Gasteiger partial charge is 0.152 e. The summed E-state index contributed by atoms with van der Waals surface area (Å²) in [7, 11) is 0. The van der Waals surface area contributed by atoms with Gasteiger partial charge in [-0.2, -0.15) is 0 Å². The molecule has 21 heavy (non-hydrogen) atoms. The number of para-hydroxylation sites is 1. The lowest BCUT2D eigenvalue weighted by Crippen LogP contribution is -2.21. The molecule has 1 fully saturated rings. The molecule has 1 saturated carbocycles. The van der Waals surface area contributed by atoms with Crippen LogP contribution in [0.3, 0.4) is 0 Å². The maximum absolute atomic E-state index is 6.22. The Kier molecular flexibility index (Phi) is 4.87. The maximum Gasteiger partial charge on any atom is 0.152 e. The van der Waals surface area contributed by atoms with Crippen LogP contribution in [0.15, 0.2) is 28.7 Å². The van der Waals surface area contributed by atoms with Crippen molar-refractivity contribution in [3.8, 4) is 0 Å². The minimum absolute atomic E-state index is 0.305. The minimum atomic E-state index is 0.305. The molecule has 0 bridgehead atoms. The molecule has 2 nitrogen and oxygen atoms in total. The van der Waals surface area contributed by atoms with Crippen molar-refractivity contribution in [2.45, 2.75) is 51.5 Å². The van der Waals surface area contributed by atoms with E-state index in [1.807, 2.05) is 12.1 Å². The second kappa shape index (κ2) is 6.85. The first-order chi connectivity index (χ1) is 10.3. The van der Waals surface area contributed by atoms with Gasteiger partial charge in [0.1, 0.15) is 5.76 Å². The van der Waals surface area contributed by atoms with Crippen molar-refractivity contribution in [1.82, 2.24) is 5.32 Å². The number of nitrogens with one attached hydrogen (secondary N) is 1. The predicted molar refractivity (Wildman–Crippen MR) is 88.8 cm³/mol. The zero-order valence-electron chi connectivity index (χ0n) is 12.7. The van der Waals surface area contributed by atoms with E-state index in [4.69, 9.17) is 16.0 Å². The van der Waals surface area contributed by atoms with Crippen molar-refractivity contribution in [2.75, 3.05) is 6.54 Å². The van der Waals surface area contributed by atoms with Crippen LogP contribution in [-0.4, -0.2) is 6.54 Å². The van der Waals surface area contributed by atoms with E-state index < -0.39 is 0 Å². The fourth-order valence-corrected chi connectivity index (χ4v) is 3.73. The maximum atomic E-state index is 6.22. The van der Waals surface area contributed by atoms with Crippen LogP contribution >= 0.6 is 11.6 Å². The largest absolute Gasteiger partial charge is 0.458 e. The van der Waals surface area contributed by atoms with Gasteiger partial charge in [0.15, 0.2) is 5.58 Å². The van der Waals surface area contributed by atoms with Gasteiger partial charge in [-0.15, -0.1) is 0 Å². The van der Waals surface area contributed by atoms with Crippen LogP contribution in [0.25, 0.3) is 11.0 Å². The first kappa shape index (κ1) is 14.9. The third-order valence-corrected chi connectivity index (χ3v) is 4.95. The highest BCUT2D eigenvalue weighted by molar-refractivity contribution is 6.34. The Bertz CT molecular complexity index is 586. The summed E-state index contributed by atoms with van der Waals surface area (Å²) >= 11 is 6.22. The molecule has 0 spiro atoms. The molecular formula is C18H24ClNO. The van der Waals surface area contributed by atoms with Crippen LogP contribution in [-0.2, 0) is 0 Å². The van der Waals surface area contributed by atoms with Crippen molar-refractivity contribution < 1.29 is 4.42 Å². The van der Waals surface area contributed by atoms with Gasteiger partial charge >= 0.3 is 0 Å². The molecule has 1 aliphatic carbocycles. The van der Waals surface area contributed by atoms with Crippen LogP contribution in [0.1, 0.15) is 57.3 Å². The van der Waals surface area contributed by atoms with E-state index in [-0.39, 0.29) is 0 Å². The van der Waals surface area contributed by atoms with Gasteiger partial charge in [-0.1, -0.05) is 56.3 Å². The topological polar surface area (TPSA) is 25.2 Å². The van der Waals surface area contributed by atoms with E-state index in [0.29, 0.717) is 11.1 Å². The molecule has 0 radical (unpaired) electrons. The standard InChI is InChI=1S/C18H24ClNO/c1-2-20-16(11-10-13-6-3-4-7-13)17-12-14-8-5-9-15(19)18(14)21-17/h5,8-9,12-13,16,20H,2-4,6-7,10-11H2,1H3. The van der Waals surface area contributed by atoms with Gasteiger partial charge in [-0.25, -0.2) is 0 Å². The molecule has 3 heteroatoms. The van der Waals surface area contributed by atoms with Crippen LogP contribution in [0, 0.1) is 5.92 Å². The molecule has 0 aliphatic heterocycles. The average molecular weight is 306 g/mol. The van der Waals surface area contributed by atoms with E-state index in [9.17, 15) is 0 Å². The highest BCUT2D eigenvalue weighted by Gasteiger charge is 2.20. The van der Waals surface area contributed by atoms with Crippen molar-refractivity contribution in [1.29, 1.82) is 0 Å². The van der Waals surface area contributed by atoms with E-state index >= 15 is 0 Å². The fraction of sp³-hybridized carbons (Fsp3) is 0.556. The Morgan fingerprint density at radius 2 is 2.14 bits per heavy atom. The molecule has 3 rings (SSSR count). The zero-order valence-corrected chi connectivity index (χ0v) is 13.5. The van der Waals surface area contributed by atoms with E-state index in [1.54, 1.807) is 0 Å². The SMILES string of the molecule is CCNC(CCC1CCCC1)c1cc2cccc(Cl)c2o1. The number of benzene rings is 1. The molecule has 114 valence electrons. The molecule has 1 N–H and O–H groups in total. The summed E-state index contributed by atoms with van der Waals surface area (Å²) in [5.74, 6) is 1.94. The lowest BCUT2D eigenvalue weighted by molar-refractivity contribution is 0.372. The molecular weight excluding hydrogens is 282 g/mol. The molecule has 1 unspecified atom stereocenters. The molecule has 2 aromatic rings. The van der Waals surface area contributed by atoms with Crippen molar-refractivity contribution in [3.63, 3.8) is 0 Å². The van der Waals surface area contributed by atoms with Gasteiger partial charge in [-0.3, -0.25) is 0 Å². The number of halogens is 1. The van der Waals surface area contributed by atoms with Crippen molar-refractivity contribution in [3.05, 3.63) is 35.0 Å². The Hall–Kier alpha value is -0.990. The summed E-state index contributed by atoms with van der Waals surface area (Å²) in [4.78, 5) is 0. The van der Waals surface area contributed by atoms with Gasteiger partial charge < -0.3 is 9.73 Å². The zero-order chi connectivity index (χ0) is 14.7.